The molecule has 7 nitrogen and oxygen atoms in total. The van der Waals surface area contributed by atoms with E-state index in [9.17, 15) is 4.79 Å². The molecule has 0 spiro atoms. The summed E-state index contributed by atoms with van der Waals surface area (Å²) in [5.74, 6) is 0.929. The predicted octanol–water partition coefficient (Wildman–Crippen LogP) is 2.83. The number of nitrogens with one attached hydrogen (secondary N) is 1. The predicted molar refractivity (Wildman–Crippen MR) is 114 cm³/mol. The Kier molecular flexibility index (Phi) is 6.33. The molecule has 0 bridgehead atoms. The average Bonchev–Trinajstić information content (AvgIpc) is 3.43. The number of carbonyl (C=O) groups excluding carboxylic acids is 1. The highest BCUT2D eigenvalue weighted by molar-refractivity contribution is 7.17. The molecule has 2 aromatic heterocycles. The van der Waals surface area contributed by atoms with Gasteiger partial charge >= 0.3 is 0 Å². The number of piperazine rings is 1. The zero-order chi connectivity index (χ0) is 20.1. The number of benzene rings is 1. The molecule has 3 heterocycles. The molecule has 1 aliphatic heterocycles. The molecular formula is C21H25N5O2S. The van der Waals surface area contributed by atoms with E-state index in [0.717, 1.165) is 49.6 Å². The topological polar surface area (TPSA) is 74.5 Å². The van der Waals surface area contributed by atoms with Gasteiger partial charge in [-0.1, -0.05) is 23.4 Å². The first-order valence-corrected chi connectivity index (χ1v) is 10.7. The van der Waals surface area contributed by atoms with E-state index >= 15 is 0 Å². The standard InChI is InChI=1S/C21H25N5O2S/c1-25-12-14-26(15-13-25)11-5-10-22-20(27)18-9-8-17(29-18)19-23-21(28-24-19)16-6-3-2-4-7-16/h2-4,6-9H,5,10-15H2,1H3,(H,22,27). The van der Waals surface area contributed by atoms with Crippen LogP contribution in [-0.2, 0) is 0 Å². The van der Waals surface area contributed by atoms with Crippen LogP contribution in [0.25, 0.3) is 22.2 Å². The summed E-state index contributed by atoms with van der Waals surface area (Å²) in [5, 5.41) is 7.06. The van der Waals surface area contributed by atoms with Gasteiger partial charge < -0.3 is 19.6 Å². The fourth-order valence-corrected chi connectivity index (χ4v) is 4.11. The highest BCUT2D eigenvalue weighted by Gasteiger charge is 2.16. The van der Waals surface area contributed by atoms with Gasteiger partial charge in [0.15, 0.2) is 0 Å². The Bertz CT molecular complexity index is 931. The molecule has 1 aliphatic rings. The minimum Gasteiger partial charge on any atom is -0.351 e. The molecule has 1 fully saturated rings. The maximum atomic E-state index is 12.4. The molecule has 1 aromatic carbocycles. The lowest BCUT2D eigenvalue weighted by Crippen LogP contribution is -2.45. The van der Waals surface area contributed by atoms with Crippen molar-refractivity contribution in [2.24, 2.45) is 0 Å². The van der Waals surface area contributed by atoms with Crippen molar-refractivity contribution in [1.29, 1.82) is 0 Å². The van der Waals surface area contributed by atoms with Crippen LogP contribution in [0.4, 0.5) is 0 Å². The van der Waals surface area contributed by atoms with Crippen LogP contribution in [0.5, 0.6) is 0 Å². The van der Waals surface area contributed by atoms with Gasteiger partial charge in [-0.2, -0.15) is 4.98 Å². The van der Waals surface area contributed by atoms with Gasteiger partial charge in [0.25, 0.3) is 11.8 Å². The van der Waals surface area contributed by atoms with Crippen molar-refractivity contribution >= 4 is 17.2 Å². The summed E-state index contributed by atoms with van der Waals surface area (Å²) < 4.78 is 5.36. The summed E-state index contributed by atoms with van der Waals surface area (Å²) in [7, 11) is 2.16. The maximum Gasteiger partial charge on any atom is 0.261 e. The van der Waals surface area contributed by atoms with Crippen LogP contribution in [0.15, 0.2) is 47.0 Å². The fourth-order valence-electron chi connectivity index (χ4n) is 3.26. The molecule has 0 aliphatic carbocycles. The van der Waals surface area contributed by atoms with E-state index in [-0.39, 0.29) is 5.91 Å². The molecule has 1 amide bonds. The average molecular weight is 412 g/mol. The molecule has 0 radical (unpaired) electrons. The van der Waals surface area contributed by atoms with E-state index in [4.69, 9.17) is 4.52 Å². The first-order valence-electron chi connectivity index (χ1n) is 9.87. The molecule has 1 N–H and O–H groups in total. The van der Waals surface area contributed by atoms with Gasteiger partial charge in [0.2, 0.25) is 5.82 Å². The van der Waals surface area contributed by atoms with Crippen molar-refractivity contribution < 1.29 is 9.32 Å². The number of rotatable bonds is 7. The molecular weight excluding hydrogens is 386 g/mol. The number of hydrogen-bond donors (Lipinski definition) is 1. The molecule has 152 valence electrons. The SMILES string of the molecule is CN1CCN(CCCNC(=O)c2ccc(-c3noc(-c4ccccc4)n3)s2)CC1. The van der Waals surface area contributed by atoms with Crippen LogP contribution in [0.3, 0.4) is 0 Å². The van der Waals surface area contributed by atoms with E-state index in [1.54, 1.807) is 0 Å². The first kappa shape index (κ1) is 19.8. The largest absolute Gasteiger partial charge is 0.351 e. The smallest absolute Gasteiger partial charge is 0.261 e. The Balaban J connectivity index is 1.27. The molecule has 1 saturated heterocycles. The van der Waals surface area contributed by atoms with Gasteiger partial charge in [-0.3, -0.25) is 4.79 Å². The summed E-state index contributed by atoms with van der Waals surface area (Å²) in [6.45, 7) is 6.15. The third kappa shape index (κ3) is 5.09. The van der Waals surface area contributed by atoms with Crippen LogP contribution < -0.4 is 5.32 Å². The lowest BCUT2D eigenvalue weighted by Gasteiger charge is -2.32. The molecule has 0 unspecified atom stereocenters. The number of amides is 1. The van der Waals surface area contributed by atoms with Crippen LogP contribution in [0, 0.1) is 0 Å². The Morgan fingerprint density at radius 3 is 2.72 bits per heavy atom. The third-order valence-corrected chi connectivity index (χ3v) is 6.11. The maximum absolute atomic E-state index is 12.4. The number of nitrogens with zero attached hydrogens (tertiary/aromatic N) is 4. The summed E-state index contributed by atoms with van der Waals surface area (Å²) in [5.41, 5.74) is 0.876. The monoisotopic (exact) mass is 411 g/mol. The van der Waals surface area contributed by atoms with Crippen LogP contribution in [-0.4, -0.2) is 72.2 Å². The van der Waals surface area contributed by atoms with E-state index in [1.165, 1.54) is 11.3 Å². The summed E-state index contributed by atoms with van der Waals surface area (Å²) >= 11 is 1.38. The Morgan fingerprint density at radius 2 is 1.93 bits per heavy atom. The highest BCUT2D eigenvalue weighted by atomic mass is 32.1. The van der Waals surface area contributed by atoms with Crippen LogP contribution >= 0.6 is 11.3 Å². The minimum absolute atomic E-state index is 0.0496. The second-order valence-corrected chi connectivity index (χ2v) is 8.29. The molecule has 0 saturated carbocycles. The minimum atomic E-state index is -0.0496. The lowest BCUT2D eigenvalue weighted by atomic mass is 10.2. The third-order valence-electron chi connectivity index (χ3n) is 5.03. The molecule has 4 rings (SSSR count). The van der Waals surface area contributed by atoms with Gasteiger partial charge in [-0.15, -0.1) is 11.3 Å². The second kappa shape index (κ2) is 9.30. The number of aromatic nitrogens is 2. The van der Waals surface area contributed by atoms with Gasteiger partial charge in [-0.25, -0.2) is 0 Å². The van der Waals surface area contributed by atoms with E-state index in [2.05, 4.69) is 32.3 Å². The Labute approximate surface area is 174 Å². The zero-order valence-corrected chi connectivity index (χ0v) is 17.3. The van der Waals surface area contributed by atoms with Gasteiger partial charge in [-0.05, 0) is 44.3 Å². The summed E-state index contributed by atoms with van der Waals surface area (Å²) in [4.78, 5) is 23.1. The molecule has 29 heavy (non-hydrogen) atoms. The van der Waals surface area contributed by atoms with Gasteiger partial charge in [0.05, 0.1) is 9.75 Å². The van der Waals surface area contributed by atoms with Gasteiger partial charge in [0.1, 0.15) is 0 Å². The number of carbonyl (C=O) groups is 1. The van der Waals surface area contributed by atoms with E-state index in [0.29, 0.717) is 23.1 Å². The summed E-state index contributed by atoms with van der Waals surface area (Å²) in [6.07, 6.45) is 0.957. The van der Waals surface area contributed by atoms with E-state index in [1.807, 2.05) is 42.5 Å². The van der Waals surface area contributed by atoms with Crippen molar-refractivity contribution in [3.05, 3.63) is 47.3 Å². The quantitative estimate of drug-likeness (QED) is 0.603. The fraction of sp³-hybridized carbons (Fsp3) is 0.381. The number of thiophene rings is 1. The molecule has 0 atom stereocenters. The van der Waals surface area contributed by atoms with Crippen LogP contribution in [0.1, 0.15) is 16.1 Å². The first-order chi connectivity index (χ1) is 14.2. The Morgan fingerprint density at radius 1 is 1.14 bits per heavy atom. The van der Waals surface area contributed by atoms with Crippen molar-refractivity contribution in [2.45, 2.75) is 6.42 Å². The van der Waals surface area contributed by atoms with Crippen molar-refractivity contribution in [3.63, 3.8) is 0 Å². The van der Waals surface area contributed by atoms with Crippen molar-refractivity contribution in [2.75, 3.05) is 46.3 Å². The van der Waals surface area contributed by atoms with Crippen molar-refractivity contribution in [3.8, 4) is 22.2 Å². The second-order valence-electron chi connectivity index (χ2n) is 7.21. The van der Waals surface area contributed by atoms with Crippen molar-refractivity contribution in [1.82, 2.24) is 25.3 Å². The summed E-state index contributed by atoms with van der Waals surface area (Å²) in [6, 6.07) is 13.3. The lowest BCUT2D eigenvalue weighted by molar-refractivity contribution is 0.0953. The van der Waals surface area contributed by atoms with Gasteiger partial charge in [0, 0.05) is 38.3 Å². The number of hydrogen-bond acceptors (Lipinski definition) is 7. The Hall–Kier alpha value is -2.55. The number of likely N-dealkylation sites (N-methyl/N-ethyl adjacent to an activating group) is 1. The van der Waals surface area contributed by atoms with E-state index < -0.39 is 0 Å². The zero-order valence-electron chi connectivity index (χ0n) is 16.5. The molecule has 8 heteroatoms. The molecule has 3 aromatic rings. The normalized spacial score (nSPS) is 15.5. The highest BCUT2D eigenvalue weighted by Crippen LogP contribution is 2.28. The van der Waals surface area contributed by atoms with Crippen LogP contribution in [0.2, 0.25) is 0 Å².